The van der Waals surface area contributed by atoms with Gasteiger partial charge in [0.1, 0.15) is 5.69 Å². The number of rotatable bonds is 4. The van der Waals surface area contributed by atoms with Crippen molar-refractivity contribution >= 4 is 11.8 Å². The Hall–Kier alpha value is -2.61. The smallest absolute Gasteiger partial charge is 0.310 e. The van der Waals surface area contributed by atoms with E-state index in [4.69, 9.17) is 0 Å². The lowest BCUT2D eigenvalue weighted by Crippen LogP contribution is -2.19. The summed E-state index contributed by atoms with van der Waals surface area (Å²) in [6.45, 7) is 0.320. The summed E-state index contributed by atoms with van der Waals surface area (Å²) in [5, 5.41) is 0.0237. The minimum atomic E-state index is -4.57. The first-order valence-corrected chi connectivity index (χ1v) is 8.84. The van der Waals surface area contributed by atoms with Gasteiger partial charge in [-0.25, -0.2) is 9.97 Å². The molecule has 26 heavy (non-hydrogen) atoms. The second-order valence-corrected chi connectivity index (χ2v) is 6.27. The summed E-state index contributed by atoms with van der Waals surface area (Å²) in [6.07, 6.45) is -1.45. The molecule has 0 saturated heterocycles. The molecular formula is C18H14F3N3OS. The molecule has 0 amide bonds. The van der Waals surface area contributed by atoms with Crippen molar-refractivity contribution < 1.29 is 13.2 Å². The monoisotopic (exact) mass is 377 g/mol. The van der Waals surface area contributed by atoms with Crippen LogP contribution in [-0.2, 0) is 12.7 Å². The van der Waals surface area contributed by atoms with E-state index >= 15 is 0 Å². The van der Waals surface area contributed by atoms with Crippen LogP contribution in [-0.4, -0.2) is 20.8 Å². The van der Waals surface area contributed by atoms with Crippen molar-refractivity contribution in [2.24, 2.45) is 0 Å². The Labute approximate surface area is 151 Å². The standard InChI is InChI=1S/C18H14F3N3OS/c1-26-17-22-14(9-15(23-17)18(19,20)21)13-7-8-16(25)24(11-13)10-12-5-3-2-4-6-12/h2-9,11H,10H2,1H3. The molecule has 0 aliphatic heterocycles. The van der Waals surface area contributed by atoms with Crippen molar-refractivity contribution in [1.82, 2.24) is 14.5 Å². The fourth-order valence-corrected chi connectivity index (χ4v) is 2.78. The number of benzene rings is 1. The van der Waals surface area contributed by atoms with Gasteiger partial charge in [0.25, 0.3) is 5.56 Å². The van der Waals surface area contributed by atoms with Crippen LogP contribution in [0.5, 0.6) is 0 Å². The predicted octanol–water partition coefficient (Wildman–Crippen LogP) is 4.09. The topological polar surface area (TPSA) is 47.8 Å². The van der Waals surface area contributed by atoms with Crippen LogP contribution in [0.3, 0.4) is 0 Å². The normalized spacial score (nSPS) is 11.5. The van der Waals surface area contributed by atoms with Crippen molar-refractivity contribution in [1.29, 1.82) is 0 Å². The molecule has 4 nitrogen and oxygen atoms in total. The highest BCUT2D eigenvalue weighted by molar-refractivity contribution is 7.98. The number of hydrogen-bond donors (Lipinski definition) is 0. The van der Waals surface area contributed by atoms with E-state index in [1.54, 1.807) is 6.26 Å². The van der Waals surface area contributed by atoms with Crippen molar-refractivity contribution in [3.8, 4) is 11.3 Å². The summed E-state index contributed by atoms with van der Waals surface area (Å²) < 4.78 is 40.7. The van der Waals surface area contributed by atoms with Crippen molar-refractivity contribution in [2.75, 3.05) is 6.26 Å². The van der Waals surface area contributed by atoms with Crippen LogP contribution in [0.1, 0.15) is 11.3 Å². The van der Waals surface area contributed by atoms with E-state index in [-0.39, 0.29) is 16.4 Å². The van der Waals surface area contributed by atoms with Gasteiger partial charge >= 0.3 is 6.18 Å². The molecule has 3 aromatic rings. The number of alkyl halides is 3. The number of pyridine rings is 1. The molecule has 2 aromatic heterocycles. The van der Waals surface area contributed by atoms with E-state index in [1.807, 2.05) is 30.3 Å². The summed E-state index contributed by atoms with van der Waals surface area (Å²) in [6, 6.07) is 13.0. The number of hydrogen-bond acceptors (Lipinski definition) is 4. The summed E-state index contributed by atoms with van der Waals surface area (Å²) in [5.41, 5.74) is 0.206. The van der Waals surface area contributed by atoms with Crippen LogP contribution < -0.4 is 5.56 Å². The van der Waals surface area contributed by atoms with Gasteiger partial charge in [-0.1, -0.05) is 42.1 Å². The fourth-order valence-electron chi connectivity index (χ4n) is 2.40. The SMILES string of the molecule is CSc1nc(-c2ccc(=O)n(Cc3ccccc3)c2)cc(C(F)(F)F)n1. The Bertz CT molecular complexity index is 971. The molecule has 0 spiro atoms. The summed E-state index contributed by atoms with van der Waals surface area (Å²) >= 11 is 1.03. The number of halogens is 3. The maximum atomic E-state index is 13.1. The van der Waals surface area contributed by atoms with Gasteiger partial charge in [0, 0.05) is 17.8 Å². The van der Waals surface area contributed by atoms with Gasteiger partial charge in [-0.05, 0) is 24.0 Å². The van der Waals surface area contributed by atoms with Crippen LogP contribution >= 0.6 is 11.8 Å². The summed E-state index contributed by atoms with van der Waals surface area (Å²) in [4.78, 5) is 19.8. The number of aromatic nitrogens is 3. The maximum Gasteiger partial charge on any atom is 0.433 e. The Balaban J connectivity index is 2.05. The molecule has 2 heterocycles. The van der Waals surface area contributed by atoms with E-state index < -0.39 is 11.9 Å². The highest BCUT2D eigenvalue weighted by Crippen LogP contribution is 2.31. The summed E-state index contributed by atoms with van der Waals surface area (Å²) in [7, 11) is 0. The van der Waals surface area contributed by atoms with E-state index in [1.165, 1.54) is 22.9 Å². The molecule has 0 aliphatic carbocycles. The molecule has 0 atom stereocenters. The molecule has 1 aromatic carbocycles. The first-order valence-electron chi connectivity index (χ1n) is 7.62. The minimum absolute atomic E-state index is 0.0237. The Morgan fingerprint density at radius 2 is 1.81 bits per heavy atom. The Kier molecular flexibility index (Phi) is 5.13. The predicted molar refractivity (Wildman–Crippen MR) is 94.1 cm³/mol. The zero-order valence-corrected chi connectivity index (χ0v) is 14.5. The van der Waals surface area contributed by atoms with Crippen LogP contribution in [0.15, 0.2) is 64.7 Å². The second kappa shape index (κ2) is 7.33. The molecule has 0 saturated carbocycles. The van der Waals surface area contributed by atoms with Gasteiger partial charge < -0.3 is 4.57 Å². The van der Waals surface area contributed by atoms with Crippen molar-refractivity contribution in [2.45, 2.75) is 17.9 Å². The third-order valence-corrected chi connectivity index (χ3v) is 4.20. The average Bonchev–Trinajstić information content (AvgIpc) is 2.63. The molecule has 134 valence electrons. The fraction of sp³-hybridized carbons (Fsp3) is 0.167. The molecule has 3 rings (SSSR count). The summed E-state index contributed by atoms with van der Waals surface area (Å²) in [5.74, 6) is 0. The Morgan fingerprint density at radius 1 is 1.08 bits per heavy atom. The zero-order chi connectivity index (χ0) is 18.7. The van der Waals surface area contributed by atoms with Crippen LogP contribution in [0, 0.1) is 0 Å². The highest BCUT2D eigenvalue weighted by atomic mass is 32.2. The van der Waals surface area contributed by atoms with Gasteiger partial charge in [-0.2, -0.15) is 13.2 Å². The number of thioether (sulfide) groups is 1. The van der Waals surface area contributed by atoms with Crippen LogP contribution in [0.25, 0.3) is 11.3 Å². The van der Waals surface area contributed by atoms with Gasteiger partial charge in [-0.15, -0.1) is 0 Å². The average molecular weight is 377 g/mol. The zero-order valence-electron chi connectivity index (χ0n) is 13.7. The maximum absolute atomic E-state index is 13.1. The van der Waals surface area contributed by atoms with Crippen molar-refractivity contribution in [3.63, 3.8) is 0 Å². The lowest BCUT2D eigenvalue weighted by molar-refractivity contribution is -0.141. The molecule has 0 N–H and O–H groups in total. The molecule has 0 unspecified atom stereocenters. The first kappa shape index (κ1) is 18.2. The van der Waals surface area contributed by atoms with Crippen molar-refractivity contribution in [3.05, 3.63) is 76.3 Å². The molecule has 8 heteroatoms. The van der Waals surface area contributed by atoms with Gasteiger partial charge in [-0.3, -0.25) is 4.79 Å². The largest absolute Gasteiger partial charge is 0.433 e. The molecular weight excluding hydrogens is 363 g/mol. The molecule has 0 fully saturated rings. The lowest BCUT2D eigenvalue weighted by Gasteiger charge is -2.11. The van der Waals surface area contributed by atoms with E-state index in [9.17, 15) is 18.0 Å². The van der Waals surface area contributed by atoms with Gasteiger partial charge in [0.2, 0.25) is 0 Å². The van der Waals surface area contributed by atoms with E-state index in [0.29, 0.717) is 12.1 Å². The van der Waals surface area contributed by atoms with Gasteiger partial charge in [0.15, 0.2) is 5.16 Å². The first-order chi connectivity index (χ1) is 12.4. The van der Waals surface area contributed by atoms with E-state index in [2.05, 4.69) is 9.97 Å². The third kappa shape index (κ3) is 4.13. The molecule has 0 radical (unpaired) electrons. The lowest BCUT2D eigenvalue weighted by atomic mass is 10.1. The Morgan fingerprint density at radius 3 is 2.46 bits per heavy atom. The second-order valence-electron chi connectivity index (χ2n) is 5.49. The van der Waals surface area contributed by atoms with E-state index in [0.717, 1.165) is 23.4 Å². The highest BCUT2D eigenvalue weighted by Gasteiger charge is 2.33. The van der Waals surface area contributed by atoms with Crippen LogP contribution in [0.2, 0.25) is 0 Å². The quantitative estimate of drug-likeness (QED) is 0.507. The third-order valence-electron chi connectivity index (χ3n) is 3.65. The molecule has 0 bridgehead atoms. The minimum Gasteiger partial charge on any atom is -0.310 e. The van der Waals surface area contributed by atoms with Gasteiger partial charge in [0.05, 0.1) is 12.2 Å². The van der Waals surface area contributed by atoms with Crippen LogP contribution in [0.4, 0.5) is 13.2 Å². The number of nitrogens with zero attached hydrogens (tertiary/aromatic N) is 3. The molecule has 0 aliphatic rings.